The number of nitrogen functional groups attached to an aromatic ring is 1. The lowest BCUT2D eigenvalue weighted by Gasteiger charge is -2.14. The Balaban J connectivity index is 3.60. The van der Waals surface area contributed by atoms with Gasteiger partial charge in [-0.2, -0.15) is 5.26 Å². The largest absolute Gasteiger partial charge is 0.403 e. The standard InChI is InChI=1S/C12H14N6/c13-5-8(6-14)12(11(7-15)18-17)9-3-1-2-4-10(9)16/h1-5,7,13,18H,15-17H2/b11-7-,12-8+,13-5?. The van der Waals surface area contributed by atoms with Crippen LogP contribution in [0.25, 0.3) is 5.57 Å². The van der Waals surface area contributed by atoms with E-state index < -0.39 is 0 Å². The van der Waals surface area contributed by atoms with Gasteiger partial charge in [0.05, 0.1) is 11.3 Å². The zero-order valence-corrected chi connectivity index (χ0v) is 9.64. The summed E-state index contributed by atoms with van der Waals surface area (Å²) >= 11 is 0. The third kappa shape index (κ3) is 2.48. The Bertz CT molecular complexity index is 550. The average Bonchev–Trinajstić information content (AvgIpc) is 2.40. The number of nitrogens with zero attached hydrogens (tertiary/aromatic N) is 1. The predicted octanol–water partition coefficient (Wildman–Crippen LogP) is 0.459. The summed E-state index contributed by atoms with van der Waals surface area (Å²) in [4.78, 5) is 0. The van der Waals surface area contributed by atoms with Gasteiger partial charge >= 0.3 is 0 Å². The Kier molecular flexibility index (Phi) is 4.49. The maximum absolute atomic E-state index is 9.05. The molecule has 0 unspecified atom stereocenters. The summed E-state index contributed by atoms with van der Waals surface area (Å²) in [6.07, 6.45) is 2.16. The maximum atomic E-state index is 9.05. The first-order valence-electron chi connectivity index (χ1n) is 5.08. The number of hydrogen-bond acceptors (Lipinski definition) is 6. The number of anilines is 1. The van der Waals surface area contributed by atoms with Crippen molar-refractivity contribution in [3.05, 3.63) is 47.3 Å². The van der Waals surface area contributed by atoms with Gasteiger partial charge in [0, 0.05) is 29.2 Å². The molecule has 0 aromatic heterocycles. The molecular weight excluding hydrogens is 228 g/mol. The third-order valence-corrected chi connectivity index (χ3v) is 2.36. The van der Waals surface area contributed by atoms with Gasteiger partial charge in [-0.15, -0.1) is 0 Å². The molecule has 0 radical (unpaired) electrons. The summed E-state index contributed by atoms with van der Waals surface area (Å²) in [6.45, 7) is 0. The number of nitrogens with two attached hydrogens (primary N) is 3. The molecule has 1 aromatic carbocycles. The minimum absolute atomic E-state index is 0.113. The zero-order chi connectivity index (χ0) is 13.5. The minimum atomic E-state index is 0.113. The molecule has 6 heteroatoms. The molecular formula is C12H14N6. The first-order chi connectivity index (χ1) is 8.69. The molecule has 0 aliphatic carbocycles. The minimum Gasteiger partial charge on any atom is -0.403 e. The van der Waals surface area contributed by atoms with Crippen molar-refractivity contribution in [2.75, 3.05) is 5.73 Å². The normalized spacial score (nSPS) is 12.3. The van der Waals surface area contributed by atoms with Crippen molar-refractivity contribution in [2.45, 2.75) is 0 Å². The number of allylic oxidation sites excluding steroid dienone is 2. The SMILES string of the molecule is N#C/C(C=N)=C(/C(=C/N)NN)c1ccccc1N. The first kappa shape index (κ1) is 13.3. The molecule has 0 fully saturated rings. The van der Waals surface area contributed by atoms with Gasteiger partial charge in [-0.25, -0.2) is 0 Å². The van der Waals surface area contributed by atoms with E-state index in [4.69, 9.17) is 28.0 Å². The Morgan fingerprint density at radius 3 is 2.50 bits per heavy atom. The van der Waals surface area contributed by atoms with Crippen molar-refractivity contribution in [2.24, 2.45) is 11.6 Å². The van der Waals surface area contributed by atoms with Gasteiger partial charge in [-0.05, 0) is 6.07 Å². The molecule has 18 heavy (non-hydrogen) atoms. The van der Waals surface area contributed by atoms with E-state index in [1.807, 2.05) is 6.07 Å². The van der Waals surface area contributed by atoms with Gasteiger partial charge in [-0.3, -0.25) is 5.84 Å². The summed E-state index contributed by atoms with van der Waals surface area (Å²) in [7, 11) is 0. The highest BCUT2D eigenvalue weighted by Crippen LogP contribution is 2.28. The number of benzene rings is 1. The van der Waals surface area contributed by atoms with Gasteiger partial charge in [0.25, 0.3) is 0 Å². The van der Waals surface area contributed by atoms with E-state index in [-0.39, 0.29) is 5.57 Å². The molecule has 0 amide bonds. The van der Waals surface area contributed by atoms with E-state index in [2.05, 4.69) is 5.43 Å². The second-order valence-electron chi connectivity index (χ2n) is 3.36. The first-order valence-corrected chi connectivity index (χ1v) is 5.08. The summed E-state index contributed by atoms with van der Waals surface area (Å²) in [5.41, 5.74) is 15.6. The number of hydrogen-bond donors (Lipinski definition) is 5. The number of nitriles is 1. The van der Waals surface area contributed by atoms with E-state index in [9.17, 15) is 0 Å². The van der Waals surface area contributed by atoms with Gasteiger partial charge in [0.15, 0.2) is 0 Å². The molecule has 1 aromatic rings. The van der Waals surface area contributed by atoms with Crippen LogP contribution < -0.4 is 22.7 Å². The molecule has 1 rings (SSSR count). The smallest absolute Gasteiger partial charge is 0.101 e. The van der Waals surface area contributed by atoms with Crippen LogP contribution in [0, 0.1) is 16.7 Å². The lowest BCUT2D eigenvalue weighted by atomic mass is 9.96. The molecule has 0 bridgehead atoms. The van der Waals surface area contributed by atoms with Crippen molar-refractivity contribution < 1.29 is 0 Å². The fourth-order valence-corrected chi connectivity index (χ4v) is 1.52. The van der Waals surface area contributed by atoms with Crippen LogP contribution in [-0.2, 0) is 0 Å². The number of hydrazine groups is 1. The molecule has 6 nitrogen and oxygen atoms in total. The van der Waals surface area contributed by atoms with Crippen LogP contribution in [-0.4, -0.2) is 6.21 Å². The highest BCUT2D eigenvalue weighted by Gasteiger charge is 2.14. The van der Waals surface area contributed by atoms with Gasteiger partial charge in [0.1, 0.15) is 6.07 Å². The summed E-state index contributed by atoms with van der Waals surface area (Å²) < 4.78 is 0. The predicted molar refractivity (Wildman–Crippen MR) is 71.8 cm³/mol. The van der Waals surface area contributed by atoms with Crippen LogP contribution in [0.5, 0.6) is 0 Å². The van der Waals surface area contributed by atoms with Crippen molar-refractivity contribution in [3.8, 4) is 6.07 Å². The molecule has 0 heterocycles. The molecule has 8 N–H and O–H groups in total. The lowest BCUT2D eigenvalue weighted by molar-refractivity contribution is 0.917. The van der Waals surface area contributed by atoms with Crippen molar-refractivity contribution in [3.63, 3.8) is 0 Å². The van der Waals surface area contributed by atoms with E-state index >= 15 is 0 Å². The van der Waals surface area contributed by atoms with E-state index in [0.717, 1.165) is 6.21 Å². The summed E-state index contributed by atoms with van der Waals surface area (Å²) in [6, 6.07) is 8.88. The molecule has 0 spiro atoms. The topological polar surface area (TPSA) is 138 Å². The average molecular weight is 242 g/mol. The van der Waals surface area contributed by atoms with Crippen molar-refractivity contribution >= 4 is 17.5 Å². The quantitative estimate of drug-likeness (QED) is 0.130. The molecule has 0 atom stereocenters. The number of nitrogens with one attached hydrogen (secondary N) is 2. The van der Waals surface area contributed by atoms with Crippen LogP contribution in [0.2, 0.25) is 0 Å². The monoisotopic (exact) mass is 242 g/mol. The highest BCUT2D eigenvalue weighted by atomic mass is 15.2. The van der Waals surface area contributed by atoms with E-state index in [1.54, 1.807) is 24.3 Å². The van der Waals surface area contributed by atoms with E-state index in [1.165, 1.54) is 6.20 Å². The van der Waals surface area contributed by atoms with Gasteiger partial charge in [-0.1, -0.05) is 18.2 Å². The maximum Gasteiger partial charge on any atom is 0.101 e. The second-order valence-corrected chi connectivity index (χ2v) is 3.36. The van der Waals surface area contributed by atoms with Crippen LogP contribution in [0.1, 0.15) is 5.56 Å². The molecule has 0 saturated carbocycles. The fourth-order valence-electron chi connectivity index (χ4n) is 1.52. The van der Waals surface area contributed by atoms with Crippen LogP contribution >= 0.6 is 0 Å². The Labute approximate surface area is 105 Å². The fraction of sp³-hybridized carbons (Fsp3) is 0. The summed E-state index contributed by atoms with van der Waals surface area (Å²) in [5.74, 6) is 5.36. The third-order valence-electron chi connectivity index (χ3n) is 2.36. The molecule has 0 aliphatic rings. The van der Waals surface area contributed by atoms with Gasteiger partial charge < -0.3 is 22.3 Å². The lowest BCUT2D eigenvalue weighted by Crippen LogP contribution is -2.24. The van der Waals surface area contributed by atoms with E-state index in [0.29, 0.717) is 22.5 Å². The summed E-state index contributed by atoms with van der Waals surface area (Å²) in [5, 5.41) is 16.3. The highest BCUT2D eigenvalue weighted by molar-refractivity contribution is 6.00. The molecule has 92 valence electrons. The zero-order valence-electron chi connectivity index (χ0n) is 9.64. The van der Waals surface area contributed by atoms with Gasteiger partial charge in [0.2, 0.25) is 0 Å². The van der Waals surface area contributed by atoms with Crippen molar-refractivity contribution in [1.82, 2.24) is 5.43 Å². The van der Waals surface area contributed by atoms with Crippen LogP contribution in [0.3, 0.4) is 0 Å². The van der Waals surface area contributed by atoms with Crippen LogP contribution in [0.15, 0.2) is 41.7 Å². The second kappa shape index (κ2) is 6.08. The molecule has 0 aliphatic heterocycles. The Morgan fingerprint density at radius 2 is 2.06 bits per heavy atom. The Morgan fingerprint density at radius 1 is 1.39 bits per heavy atom. The Hall–Kier alpha value is -2.78. The number of rotatable bonds is 4. The van der Waals surface area contributed by atoms with Crippen LogP contribution in [0.4, 0.5) is 5.69 Å². The van der Waals surface area contributed by atoms with Crippen molar-refractivity contribution in [1.29, 1.82) is 10.7 Å². The number of para-hydroxylation sites is 1. The molecule has 0 saturated heterocycles.